The van der Waals surface area contributed by atoms with Crippen LogP contribution in [0.4, 0.5) is 0 Å². The topological polar surface area (TPSA) is 74.2 Å². The molecule has 0 spiro atoms. The van der Waals surface area contributed by atoms with Gasteiger partial charge < -0.3 is 10.4 Å². The molecule has 0 bridgehead atoms. The Morgan fingerprint density at radius 3 is 1.78 bits per heavy atom. The fourth-order valence-corrected chi connectivity index (χ4v) is 2.86. The maximum atomic E-state index is 10.5. The Bertz CT molecular complexity index is 729. The van der Waals surface area contributed by atoms with Crippen LogP contribution in [0.1, 0.15) is 17.1 Å². The molecule has 1 unspecified atom stereocenters. The number of rotatable bonds is 10. The molecule has 3 aromatic heterocycles. The van der Waals surface area contributed by atoms with Gasteiger partial charge in [0.1, 0.15) is 0 Å². The van der Waals surface area contributed by atoms with E-state index in [-0.39, 0.29) is 0 Å². The lowest BCUT2D eigenvalue weighted by atomic mass is 10.2. The summed E-state index contributed by atoms with van der Waals surface area (Å²) in [6.07, 6.45) is 4.86. The van der Waals surface area contributed by atoms with E-state index in [1.165, 1.54) is 0 Å². The second-order valence-corrected chi connectivity index (χ2v) is 6.42. The molecule has 3 rings (SSSR count). The van der Waals surface area contributed by atoms with Gasteiger partial charge in [0.05, 0.1) is 23.2 Å². The van der Waals surface area contributed by atoms with E-state index in [2.05, 4.69) is 25.2 Å². The first kappa shape index (κ1) is 19.1. The number of hydrogen-bond donors (Lipinski definition) is 2. The van der Waals surface area contributed by atoms with E-state index in [9.17, 15) is 5.11 Å². The van der Waals surface area contributed by atoms with Crippen molar-refractivity contribution in [3.8, 4) is 0 Å². The zero-order valence-corrected chi connectivity index (χ0v) is 15.3. The summed E-state index contributed by atoms with van der Waals surface area (Å²) in [6.45, 7) is 2.99. The highest BCUT2D eigenvalue weighted by atomic mass is 16.3. The Morgan fingerprint density at radius 1 is 0.778 bits per heavy atom. The van der Waals surface area contributed by atoms with Crippen molar-refractivity contribution in [3.63, 3.8) is 0 Å². The van der Waals surface area contributed by atoms with E-state index in [4.69, 9.17) is 0 Å². The Labute approximate surface area is 159 Å². The largest absolute Gasteiger partial charge is 0.390 e. The predicted molar refractivity (Wildman–Crippen MR) is 105 cm³/mol. The molecule has 0 radical (unpaired) electrons. The van der Waals surface area contributed by atoms with Gasteiger partial charge in [0.25, 0.3) is 0 Å². The minimum Gasteiger partial charge on any atom is -0.390 e. The second kappa shape index (κ2) is 10.5. The zero-order chi connectivity index (χ0) is 18.7. The molecule has 0 saturated carbocycles. The smallest absolute Gasteiger partial charge is 0.0791 e. The normalized spacial score (nSPS) is 12.2. The van der Waals surface area contributed by atoms with E-state index in [0.717, 1.165) is 17.1 Å². The predicted octanol–water partition coefficient (Wildman–Crippen LogP) is 2.02. The molecule has 0 fully saturated rings. The molecule has 2 N–H and O–H groups in total. The van der Waals surface area contributed by atoms with Crippen LogP contribution in [0.25, 0.3) is 0 Å². The van der Waals surface area contributed by atoms with Crippen molar-refractivity contribution >= 4 is 0 Å². The summed E-state index contributed by atoms with van der Waals surface area (Å²) in [6, 6.07) is 17.6. The fourth-order valence-electron chi connectivity index (χ4n) is 2.86. The molecular formula is C21H25N5O. The molecule has 6 heteroatoms. The minimum absolute atomic E-state index is 0.498. The lowest BCUT2D eigenvalue weighted by Crippen LogP contribution is -2.38. The van der Waals surface area contributed by atoms with Crippen molar-refractivity contribution < 1.29 is 5.11 Å². The monoisotopic (exact) mass is 363 g/mol. The molecule has 0 saturated heterocycles. The van der Waals surface area contributed by atoms with E-state index < -0.39 is 6.10 Å². The molecule has 0 aromatic carbocycles. The second-order valence-electron chi connectivity index (χ2n) is 6.42. The molecule has 1 atom stereocenters. The third-order valence-corrected chi connectivity index (χ3v) is 4.10. The number of aliphatic hydroxyl groups excluding tert-OH is 1. The summed E-state index contributed by atoms with van der Waals surface area (Å²) in [7, 11) is 0. The molecular weight excluding hydrogens is 338 g/mol. The average Bonchev–Trinajstić information content (AvgIpc) is 2.70. The number of aromatic nitrogens is 3. The van der Waals surface area contributed by atoms with Crippen LogP contribution in [0.3, 0.4) is 0 Å². The quantitative estimate of drug-likeness (QED) is 0.574. The van der Waals surface area contributed by atoms with Crippen molar-refractivity contribution in [1.82, 2.24) is 25.2 Å². The summed E-state index contributed by atoms with van der Waals surface area (Å²) in [4.78, 5) is 15.2. The molecule has 0 aliphatic heterocycles. The maximum Gasteiger partial charge on any atom is 0.0791 e. The van der Waals surface area contributed by atoms with Crippen LogP contribution in [-0.4, -0.2) is 44.2 Å². The first-order chi connectivity index (χ1) is 13.3. The van der Waals surface area contributed by atoms with Gasteiger partial charge in [-0.3, -0.25) is 19.9 Å². The van der Waals surface area contributed by atoms with Crippen molar-refractivity contribution in [1.29, 1.82) is 0 Å². The van der Waals surface area contributed by atoms with Gasteiger partial charge in [-0.15, -0.1) is 0 Å². The lowest BCUT2D eigenvalue weighted by molar-refractivity contribution is 0.102. The van der Waals surface area contributed by atoms with Gasteiger partial charge in [0.15, 0.2) is 0 Å². The van der Waals surface area contributed by atoms with Gasteiger partial charge in [-0.25, -0.2) is 0 Å². The first-order valence-electron chi connectivity index (χ1n) is 9.10. The van der Waals surface area contributed by atoms with Gasteiger partial charge in [-0.1, -0.05) is 18.2 Å². The van der Waals surface area contributed by atoms with Crippen molar-refractivity contribution in [2.24, 2.45) is 0 Å². The fraction of sp³-hybridized carbons (Fsp3) is 0.286. The highest BCUT2D eigenvalue weighted by Gasteiger charge is 2.14. The van der Waals surface area contributed by atoms with Crippen molar-refractivity contribution in [2.75, 3.05) is 13.1 Å². The van der Waals surface area contributed by atoms with Crippen LogP contribution < -0.4 is 5.32 Å². The summed E-state index contributed by atoms with van der Waals surface area (Å²) in [5.74, 6) is 0. The molecule has 0 amide bonds. The van der Waals surface area contributed by atoms with Crippen molar-refractivity contribution in [3.05, 3.63) is 90.3 Å². The molecule has 0 aliphatic carbocycles. The highest BCUT2D eigenvalue weighted by Crippen LogP contribution is 2.08. The average molecular weight is 363 g/mol. The summed E-state index contributed by atoms with van der Waals surface area (Å²) < 4.78 is 0. The zero-order valence-electron chi connectivity index (χ0n) is 15.3. The molecule has 27 heavy (non-hydrogen) atoms. The summed E-state index contributed by atoms with van der Waals surface area (Å²) >= 11 is 0. The van der Waals surface area contributed by atoms with E-state index in [0.29, 0.717) is 32.7 Å². The third-order valence-electron chi connectivity index (χ3n) is 4.10. The van der Waals surface area contributed by atoms with E-state index >= 15 is 0 Å². The molecule has 3 heterocycles. The Balaban J connectivity index is 1.54. The van der Waals surface area contributed by atoms with Crippen LogP contribution in [0.5, 0.6) is 0 Å². The summed E-state index contributed by atoms with van der Waals surface area (Å²) in [5.41, 5.74) is 2.91. The number of nitrogens with one attached hydrogen (secondary N) is 1. The molecule has 0 aliphatic rings. The molecule has 140 valence electrons. The number of hydrogen-bond acceptors (Lipinski definition) is 6. The lowest BCUT2D eigenvalue weighted by Gasteiger charge is -2.24. The SMILES string of the molecule is OC(CNCc1ccccn1)CN(Cc1ccccn1)Cc1ccccn1. The van der Waals surface area contributed by atoms with Gasteiger partial charge >= 0.3 is 0 Å². The van der Waals surface area contributed by atoms with Gasteiger partial charge in [-0.2, -0.15) is 0 Å². The van der Waals surface area contributed by atoms with E-state index in [1.807, 2.05) is 54.6 Å². The van der Waals surface area contributed by atoms with Gasteiger partial charge in [0, 0.05) is 51.3 Å². The van der Waals surface area contributed by atoms with E-state index in [1.54, 1.807) is 18.6 Å². The van der Waals surface area contributed by atoms with Gasteiger partial charge in [0.2, 0.25) is 0 Å². The van der Waals surface area contributed by atoms with Crippen LogP contribution in [0.15, 0.2) is 73.2 Å². The van der Waals surface area contributed by atoms with Gasteiger partial charge in [-0.05, 0) is 36.4 Å². The Kier molecular flexibility index (Phi) is 7.41. The number of nitrogens with zero attached hydrogens (tertiary/aromatic N) is 4. The standard InChI is InChI=1S/C21H25N5O/c27-21(14-22-13-18-7-1-4-10-23-18)17-26(15-19-8-2-5-11-24-19)16-20-9-3-6-12-25-20/h1-12,21-22,27H,13-17H2. The number of aliphatic hydroxyl groups is 1. The highest BCUT2D eigenvalue weighted by molar-refractivity contribution is 5.06. The van der Waals surface area contributed by atoms with Crippen LogP contribution >= 0.6 is 0 Å². The third kappa shape index (κ3) is 6.86. The minimum atomic E-state index is -0.499. The summed E-state index contributed by atoms with van der Waals surface area (Å²) in [5, 5.41) is 13.8. The first-order valence-corrected chi connectivity index (χ1v) is 9.10. The number of pyridine rings is 3. The van der Waals surface area contributed by atoms with Crippen molar-refractivity contribution in [2.45, 2.75) is 25.7 Å². The maximum absolute atomic E-state index is 10.5. The van der Waals surface area contributed by atoms with Crippen LogP contribution in [-0.2, 0) is 19.6 Å². The molecule has 6 nitrogen and oxygen atoms in total. The van der Waals surface area contributed by atoms with Crippen LogP contribution in [0.2, 0.25) is 0 Å². The Hall–Kier alpha value is -2.67. The Morgan fingerprint density at radius 2 is 1.30 bits per heavy atom. The molecule has 3 aromatic rings. The van der Waals surface area contributed by atoms with Crippen LogP contribution in [0, 0.1) is 0 Å².